The van der Waals surface area contributed by atoms with E-state index >= 15 is 0 Å². The largest absolute Gasteiger partial charge is 0.488 e. The number of aryl methyl sites for hydroxylation is 1. The van der Waals surface area contributed by atoms with Crippen LogP contribution in [0.3, 0.4) is 0 Å². The fraction of sp³-hybridized carbons (Fsp3) is 0.423. The number of rotatable bonds is 21. The van der Waals surface area contributed by atoms with Crippen LogP contribution in [-0.4, -0.2) is 187 Å². The molecule has 3 aromatic heterocycles. The SMILES string of the molecule is C=C[C@@H]1C[C@@]1(C)NC(=O)[C@@H]1C[C@@H]2CN1C(=O)[C@H](CCCC)NC(=O)CC/C=C/c1ccc3nc(-c4ccccc4)cc(c3c1)O2.C=C[C@@H]1C[C@@]1(C)NC(=O)[C@@H]1C[C@@H]2CN1C(=O)[C@H](CCCC)NC(=O)OCC/C=C/c1ccc3nc(-c4ccccc4)cc(c3c1)O2.C=C[C@@H]1C[C@@]1(C)NC(=O)[C@@H]1C[C@@H]2CN1C(=O)[C@H](CCCC)NC(=O)OCCCCc1ccc3nc(-c4ccccc4)cc(c3c1)O2. The maximum absolute atomic E-state index is 14.2. The monoisotopic (exact) mass is 1850 g/mol. The number of unbranched alkanes of at least 4 members (excludes halogenated alkanes) is 3. The van der Waals surface area contributed by atoms with Gasteiger partial charge in [-0.3, -0.25) is 33.6 Å². The lowest BCUT2D eigenvalue weighted by molar-refractivity contribution is -0.142. The standard InChI is InChI=1S/C37H44N4O5.C37H42N4O5.C37H42N4O4/c2*1-4-6-15-30-35(43)41-23-27(20-32(41)34(42)40-37(3)22-26(37)5-2)46-33-21-31(25-13-8-7-9-14-25)38-29-17-16-24(19-28(29)33)12-10-11-18-45-36(44)39-30;1-4-6-15-30-36(44)41-23-27(20-32(41)35(43)40-37(3)22-26(37)5-2)45-33-21-31(25-13-8-7-9-14-25)38-29-18-17-24(19-28(29)33)12-10-11-16-34(42)39-30/h5,7-9,13-14,16-17,19,21,26-27,30,32H,2,4,6,10-12,15,18,20,22-23H2,1,3H3,(H,39,44)(H,40,42);5,7-10,12-14,16-17,19,21,26-27,30,32H,2,4,6,11,15,18,20,22-23H2,1,3H3,(H,39,44)(H,40,42);5,7-10,12-14,17-19,21,26-27,30,32H,2,4,6,11,15-16,20,22-23H2,1,3H3,(H,39,42)(H,40,43)/b;2*12-10+/t3*26-,27-,30+,32+,37-/m111/s1. The molecule has 12 bridgehead atoms. The summed E-state index contributed by atoms with van der Waals surface area (Å²) in [4.78, 5) is 142. The van der Waals surface area contributed by atoms with Gasteiger partial charge in [-0.15, -0.1) is 19.7 Å². The fourth-order valence-electron chi connectivity index (χ4n) is 19.7. The van der Waals surface area contributed by atoms with E-state index in [9.17, 15) is 43.2 Å². The number of benzene rings is 6. The number of allylic oxidation sites excluding steroid dienone is 1. The molecule has 26 nitrogen and oxygen atoms in total. The third-order valence-electron chi connectivity index (χ3n) is 28.2. The molecule has 3 saturated heterocycles. The van der Waals surface area contributed by atoms with Gasteiger partial charge in [0.05, 0.1) is 66.5 Å². The van der Waals surface area contributed by atoms with Gasteiger partial charge in [0, 0.05) is 111 Å². The Morgan fingerprint density at radius 2 is 0.788 bits per heavy atom. The third-order valence-corrected chi connectivity index (χ3v) is 28.2. The Bertz CT molecular complexity index is 6050. The first-order chi connectivity index (χ1) is 66.3. The number of alkyl carbamates (subject to hydrolysis) is 2. The Morgan fingerprint density at radius 3 is 1.16 bits per heavy atom. The molecule has 9 aliphatic rings. The number of amides is 9. The Morgan fingerprint density at radius 1 is 0.431 bits per heavy atom. The molecule has 716 valence electrons. The van der Waals surface area contributed by atoms with E-state index in [1.807, 2.05) is 229 Å². The Kier molecular flexibility index (Phi) is 30.5. The number of cyclic esters (lactones) is 2. The van der Waals surface area contributed by atoms with Crippen molar-refractivity contribution >= 4 is 98.4 Å². The summed E-state index contributed by atoms with van der Waals surface area (Å²) in [6.07, 6.45) is 24.2. The summed E-state index contributed by atoms with van der Waals surface area (Å²) < 4.78 is 31.2. The van der Waals surface area contributed by atoms with Crippen LogP contribution in [0.1, 0.15) is 187 Å². The first-order valence-electron chi connectivity index (χ1n) is 49.1. The Balaban J connectivity index is 0.000000149. The summed E-state index contributed by atoms with van der Waals surface area (Å²) in [5.41, 5.74) is 9.56. The number of pyridine rings is 3. The summed E-state index contributed by atoms with van der Waals surface area (Å²) in [7, 11) is 0. The summed E-state index contributed by atoms with van der Waals surface area (Å²) in [5.74, 6) is 0.891. The molecular weight excluding hydrogens is 1730 g/mol. The molecule has 3 aliphatic carbocycles. The summed E-state index contributed by atoms with van der Waals surface area (Å²) >= 11 is 0. The van der Waals surface area contributed by atoms with Gasteiger partial charge in [0.25, 0.3) is 0 Å². The zero-order valence-electron chi connectivity index (χ0n) is 79.5. The quantitative estimate of drug-likeness (QED) is 0.0364. The maximum Gasteiger partial charge on any atom is 0.407 e. The molecule has 6 N–H and O–H groups in total. The van der Waals surface area contributed by atoms with Crippen LogP contribution in [0.2, 0.25) is 0 Å². The van der Waals surface area contributed by atoms with Crippen molar-refractivity contribution in [1.29, 1.82) is 0 Å². The molecule has 9 heterocycles. The van der Waals surface area contributed by atoms with Crippen molar-refractivity contribution in [2.75, 3.05) is 32.8 Å². The average molecular weight is 1850 g/mol. The van der Waals surface area contributed by atoms with E-state index < -0.39 is 66.7 Å². The third kappa shape index (κ3) is 23.3. The van der Waals surface area contributed by atoms with Gasteiger partial charge in [0.2, 0.25) is 41.4 Å². The van der Waals surface area contributed by atoms with Crippen molar-refractivity contribution in [1.82, 2.24) is 61.6 Å². The van der Waals surface area contributed by atoms with Gasteiger partial charge in [0.15, 0.2) is 0 Å². The smallest absolute Gasteiger partial charge is 0.407 e. The highest BCUT2D eigenvalue weighted by molar-refractivity contribution is 5.97. The molecule has 26 heteroatoms. The van der Waals surface area contributed by atoms with Crippen LogP contribution in [0, 0.1) is 17.8 Å². The van der Waals surface area contributed by atoms with E-state index in [0.717, 1.165) is 154 Å². The maximum atomic E-state index is 14.2. The number of ether oxygens (including phenoxy) is 5. The summed E-state index contributed by atoms with van der Waals surface area (Å²) in [5, 5.41) is 20.7. The van der Waals surface area contributed by atoms with E-state index in [-0.39, 0.29) is 115 Å². The molecule has 15 atom stereocenters. The van der Waals surface area contributed by atoms with Crippen LogP contribution in [-0.2, 0) is 49.5 Å². The van der Waals surface area contributed by atoms with Crippen molar-refractivity contribution in [2.45, 2.75) is 248 Å². The highest BCUT2D eigenvalue weighted by Crippen LogP contribution is 2.48. The zero-order valence-corrected chi connectivity index (χ0v) is 79.5. The van der Waals surface area contributed by atoms with Crippen molar-refractivity contribution < 1.29 is 66.8 Å². The first kappa shape index (κ1) is 96.6. The van der Waals surface area contributed by atoms with Crippen LogP contribution < -0.4 is 46.1 Å². The van der Waals surface area contributed by atoms with Crippen LogP contribution in [0.5, 0.6) is 17.2 Å². The molecule has 137 heavy (non-hydrogen) atoms. The molecule has 3 saturated carbocycles. The topological polar surface area (TPSA) is 320 Å². The number of hydrogen-bond acceptors (Lipinski definition) is 17. The normalized spacial score (nSPS) is 26.8. The highest BCUT2D eigenvalue weighted by atomic mass is 16.6. The number of aromatic nitrogens is 3. The number of carbonyl (C=O) groups is 9. The summed E-state index contributed by atoms with van der Waals surface area (Å²) in [6.45, 7) is 24.9. The highest BCUT2D eigenvalue weighted by Gasteiger charge is 2.56. The van der Waals surface area contributed by atoms with E-state index in [4.69, 9.17) is 38.6 Å². The van der Waals surface area contributed by atoms with Gasteiger partial charge in [0.1, 0.15) is 71.8 Å². The number of nitrogens with one attached hydrogen (secondary N) is 6. The van der Waals surface area contributed by atoms with E-state index in [2.05, 4.69) is 70.7 Å². The lowest BCUT2D eigenvalue weighted by atomic mass is 10.0. The van der Waals surface area contributed by atoms with E-state index in [1.165, 1.54) is 0 Å². The first-order valence-corrected chi connectivity index (χ1v) is 49.1. The molecule has 0 radical (unpaired) electrons. The van der Waals surface area contributed by atoms with Crippen molar-refractivity contribution in [3.8, 4) is 51.0 Å². The second-order valence-corrected chi connectivity index (χ2v) is 38.6. The van der Waals surface area contributed by atoms with Gasteiger partial charge < -0.3 is 70.3 Å². The molecule has 18 rings (SSSR count). The summed E-state index contributed by atoms with van der Waals surface area (Å²) in [6, 6.07) is 49.4. The van der Waals surface area contributed by atoms with Crippen molar-refractivity contribution in [3.05, 3.63) is 231 Å². The van der Waals surface area contributed by atoms with Crippen LogP contribution in [0.4, 0.5) is 9.59 Å². The fourth-order valence-corrected chi connectivity index (χ4v) is 19.7. The molecule has 6 fully saturated rings. The van der Waals surface area contributed by atoms with Gasteiger partial charge in [-0.1, -0.05) is 211 Å². The second kappa shape index (κ2) is 43.2. The lowest BCUT2D eigenvalue weighted by Crippen LogP contribution is -2.55. The van der Waals surface area contributed by atoms with E-state index in [0.29, 0.717) is 75.0 Å². The van der Waals surface area contributed by atoms with Gasteiger partial charge in [-0.05, 0) is 144 Å². The minimum Gasteiger partial charge on any atom is -0.488 e. The number of carbonyl (C=O) groups excluding carboxylic acids is 9. The molecule has 6 aromatic carbocycles. The molecule has 9 aromatic rings. The van der Waals surface area contributed by atoms with Crippen LogP contribution in [0.15, 0.2) is 214 Å². The number of nitrogens with zero attached hydrogens (tertiary/aromatic N) is 6. The molecular formula is C111H128N12O14. The van der Waals surface area contributed by atoms with Crippen molar-refractivity contribution in [2.24, 2.45) is 17.8 Å². The van der Waals surface area contributed by atoms with Gasteiger partial charge in [-0.25, -0.2) is 24.5 Å². The van der Waals surface area contributed by atoms with Crippen LogP contribution >= 0.6 is 0 Å². The zero-order chi connectivity index (χ0) is 96.1. The molecule has 0 spiro atoms. The Labute approximate surface area is 802 Å². The number of hydrogen-bond donors (Lipinski definition) is 6. The molecule has 6 aliphatic heterocycles. The van der Waals surface area contributed by atoms with Crippen LogP contribution in [0.25, 0.3) is 78.6 Å². The molecule has 0 unspecified atom stereocenters. The minimum atomic E-state index is -0.822. The van der Waals surface area contributed by atoms with Crippen molar-refractivity contribution in [3.63, 3.8) is 0 Å². The van der Waals surface area contributed by atoms with Gasteiger partial charge >= 0.3 is 12.2 Å². The predicted octanol–water partition coefficient (Wildman–Crippen LogP) is 17.8. The van der Waals surface area contributed by atoms with E-state index in [1.54, 1.807) is 14.7 Å². The molecule has 9 amide bonds. The number of fused-ring (bicyclic) bond motifs is 9. The minimum absolute atomic E-state index is 0.167. The van der Waals surface area contributed by atoms with Gasteiger partial charge in [-0.2, -0.15) is 0 Å². The average Bonchev–Trinajstić information content (AvgIpc) is 1.61. The predicted molar refractivity (Wildman–Crippen MR) is 532 cm³/mol. The second-order valence-electron chi connectivity index (χ2n) is 38.6. The lowest BCUT2D eigenvalue weighted by Gasteiger charge is -2.29. The Hall–Kier alpha value is -13.5.